The van der Waals surface area contributed by atoms with Gasteiger partial charge in [-0.2, -0.15) is 4.98 Å². The van der Waals surface area contributed by atoms with Crippen molar-refractivity contribution in [1.82, 2.24) is 24.9 Å². The van der Waals surface area contributed by atoms with Crippen LogP contribution in [-0.4, -0.2) is 78.6 Å². The normalized spacial score (nSPS) is 27.8. The van der Waals surface area contributed by atoms with Crippen molar-refractivity contribution in [3.05, 3.63) is 60.2 Å². The molecule has 2 heterocycles. The van der Waals surface area contributed by atoms with Crippen molar-refractivity contribution in [2.75, 3.05) is 20.7 Å². The quantitative estimate of drug-likeness (QED) is 0.347. The van der Waals surface area contributed by atoms with Crippen molar-refractivity contribution in [2.45, 2.75) is 75.2 Å². The van der Waals surface area contributed by atoms with Crippen molar-refractivity contribution in [1.29, 1.82) is 0 Å². The summed E-state index contributed by atoms with van der Waals surface area (Å²) in [7, 11) is -0.471. The molecule has 2 aromatic carbocycles. The summed E-state index contributed by atoms with van der Waals surface area (Å²) in [6.07, 6.45) is 7.47. The number of aromatic nitrogens is 2. The Bertz CT molecular complexity index is 1970. The number of fused-ring (bicyclic) bond motifs is 3. The molecule has 1 aromatic heterocycles. The molecule has 0 bridgehead atoms. The maximum absolute atomic E-state index is 14.2. The topological polar surface area (TPSA) is 157 Å². The van der Waals surface area contributed by atoms with Gasteiger partial charge in [0.25, 0.3) is 5.91 Å². The van der Waals surface area contributed by atoms with Crippen molar-refractivity contribution in [2.24, 2.45) is 17.8 Å². The summed E-state index contributed by atoms with van der Waals surface area (Å²) < 4.78 is 39.9. The molecule has 5 atom stereocenters. The maximum Gasteiger partial charge on any atom is 0.259 e. The highest BCUT2D eigenvalue weighted by Gasteiger charge is 2.62. The minimum atomic E-state index is -3.83. The van der Waals surface area contributed by atoms with Crippen LogP contribution < -0.4 is 19.5 Å². The lowest BCUT2D eigenvalue weighted by Crippen LogP contribution is -2.54. The van der Waals surface area contributed by atoms with E-state index < -0.39 is 50.6 Å². The minimum Gasteiger partial charge on any atom is -0.496 e. The SMILES string of the molecule is COc1ccc2c(O[C@@H]3C[C@H]4C(=O)N[C@@]5(C(=O)NS(=O)(=O)C6CC6)C[C@@H]5/C=C\CCCCN(C)C(=O)[C@@H]4C3)nc(-c3ccccc3)nc2c1C. The number of amides is 3. The number of nitrogens with zero attached hydrogens (tertiary/aromatic N) is 3. The van der Waals surface area contributed by atoms with Crippen LogP contribution >= 0.6 is 0 Å². The van der Waals surface area contributed by atoms with Crippen molar-refractivity contribution < 1.29 is 32.3 Å². The van der Waals surface area contributed by atoms with Crippen LogP contribution in [0.4, 0.5) is 0 Å². The lowest BCUT2D eigenvalue weighted by atomic mass is 9.93. The van der Waals surface area contributed by atoms with Gasteiger partial charge in [-0.1, -0.05) is 42.5 Å². The zero-order valence-electron chi connectivity index (χ0n) is 28.6. The number of hydrogen-bond acceptors (Lipinski definition) is 9. The average Bonchev–Trinajstić information content (AvgIpc) is 4.03. The molecule has 12 nitrogen and oxygen atoms in total. The molecule has 0 saturated heterocycles. The molecule has 0 spiro atoms. The first kappa shape index (κ1) is 34.0. The molecular formula is C37H43N5O7S. The third-order valence-electron chi connectivity index (χ3n) is 10.6. The number of carbonyl (C=O) groups is 3. The van der Waals surface area contributed by atoms with E-state index in [9.17, 15) is 22.8 Å². The molecule has 3 saturated carbocycles. The second-order valence-corrected chi connectivity index (χ2v) is 16.0. The number of sulfonamides is 1. The number of aryl methyl sites for hydroxylation is 1. The van der Waals surface area contributed by atoms with E-state index in [1.807, 2.05) is 61.5 Å². The van der Waals surface area contributed by atoms with E-state index in [0.717, 1.165) is 30.4 Å². The number of rotatable bonds is 7. The molecule has 3 fully saturated rings. The molecule has 7 rings (SSSR count). The molecule has 3 amide bonds. The second-order valence-electron chi connectivity index (χ2n) is 14.1. The summed E-state index contributed by atoms with van der Waals surface area (Å²) in [6.45, 7) is 2.47. The first-order chi connectivity index (χ1) is 24.0. The lowest BCUT2D eigenvalue weighted by molar-refractivity contribution is -0.140. The van der Waals surface area contributed by atoms with E-state index in [1.165, 1.54) is 0 Å². The standard InChI is InChI=1S/C37H43N5O7S/c1-22-30(48-3)17-16-27-31(22)38-32(23-11-7-6-8-12-23)39-34(27)49-25-19-28-29(20-25)35(44)42(2)18-10-5-4-9-13-24-21-37(24,40-33(28)43)36(45)41-50(46,47)26-14-15-26/h6-9,11-13,16-17,24-26,28-29H,4-5,10,14-15,18-21H2,1-3H3,(H,40,43)(H,41,45)/b13-9-/t24-,25+,28+,29+,37-/m0/s1. The van der Waals surface area contributed by atoms with Crippen LogP contribution in [0.3, 0.4) is 0 Å². The zero-order valence-corrected chi connectivity index (χ0v) is 29.4. The van der Waals surface area contributed by atoms with Gasteiger partial charge in [-0.25, -0.2) is 13.4 Å². The monoisotopic (exact) mass is 701 g/mol. The molecule has 4 aliphatic rings. The Labute approximate surface area is 292 Å². The summed E-state index contributed by atoms with van der Waals surface area (Å²) in [5, 5.41) is 3.03. The van der Waals surface area contributed by atoms with E-state index in [-0.39, 0.29) is 31.1 Å². The Morgan fingerprint density at radius 3 is 2.54 bits per heavy atom. The third-order valence-corrected chi connectivity index (χ3v) is 12.4. The Balaban J connectivity index is 1.21. The Morgan fingerprint density at radius 1 is 1.04 bits per heavy atom. The highest BCUT2D eigenvalue weighted by atomic mass is 32.2. The number of ether oxygens (including phenoxy) is 2. The highest BCUT2D eigenvalue weighted by molar-refractivity contribution is 7.91. The Hall–Kier alpha value is -4.52. The van der Waals surface area contributed by atoms with Gasteiger partial charge in [0.1, 0.15) is 17.4 Å². The van der Waals surface area contributed by atoms with Crippen LogP contribution in [-0.2, 0) is 24.4 Å². The molecule has 3 aliphatic carbocycles. The van der Waals surface area contributed by atoms with Crippen LogP contribution in [0, 0.1) is 24.7 Å². The predicted molar refractivity (Wildman–Crippen MR) is 187 cm³/mol. The molecule has 13 heteroatoms. The number of carbonyl (C=O) groups excluding carboxylic acids is 3. The third kappa shape index (κ3) is 6.55. The number of hydrogen-bond donors (Lipinski definition) is 2. The number of nitrogens with one attached hydrogen (secondary N) is 2. The average molecular weight is 702 g/mol. The molecule has 0 radical (unpaired) electrons. The van der Waals surface area contributed by atoms with Gasteiger partial charge in [-0.3, -0.25) is 19.1 Å². The molecule has 50 heavy (non-hydrogen) atoms. The van der Waals surface area contributed by atoms with Crippen LogP contribution in [0.15, 0.2) is 54.6 Å². The second kappa shape index (κ2) is 13.3. The molecule has 264 valence electrons. The molecule has 3 aromatic rings. The maximum atomic E-state index is 14.2. The van der Waals surface area contributed by atoms with Gasteiger partial charge in [0.15, 0.2) is 5.82 Å². The molecule has 2 N–H and O–H groups in total. The summed E-state index contributed by atoms with van der Waals surface area (Å²) in [6, 6.07) is 13.2. The zero-order chi connectivity index (χ0) is 35.2. The van der Waals surface area contributed by atoms with Crippen molar-refractivity contribution >= 4 is 38.6 Å². The smallest absolute Gasteiger partial charge is 0.259 e. The van der Waals surface area contributed by atoms with Gasteiger partial charge < -0.3 is 19.7 Å². The first-order valence-electron chi connectivity index (χ1n) is 17.4. The van der Waals surface area contributed by atoms with E-state index in [0.29, 0.717) is 47.7 Å². The summed E-state index contributed by atoms with van der Waals surface area (Å²) >= 11 is 0. The predicted octanol–water partition coefficient (Wildman–Crippen LogP) is 4.07. The summed E-state index contributed by atoms with van der Waals surface area (Å²) in [5.41, 5.74) is 0.894. The number of benzene rings is 2. The van der Waals surface area contributed by atoms with E-state index in [4.69, 9.17) is 19.4 Å². The van der Waals surface area contributed by atoms with E-state index in [2.05, 4.69) is 10.0 Å². The summed E-state index contributed by atoms with van der Waals surface area (Å²) in [4.78, 5) is 53.1. The van der Waals surface area contributed by atoms with Crippen molar-refractivity contribution in [3.8, 4) is 23.0 Å². The molecular weight excluding hydrogens is 659 g/mol. The largest absolute Gasteiger partial charge is 0.496 e. The lowest BCUT2D eigenvalue weighted by Gasteiger charge is -2.26. The fraction of sp³-hybridized carbons (Fsp3) is 0.486. The Morgan fingerprint density at radius 2 is 1.80 bits per heavy atom. The fourth-order valence-electron chi connectivity index (χ4n) is 7.36. The number of allylic oxidation sites excluding steroid dienone is 1. The minimum absolute atomic E-state index is 0.163. The highest BCUT2D eigenvalue weighted by Crippen LogP contribution is 2.47. The first-order valence-corrected chi connectivity index (χ1v) is 18.9. The molecule has 0 unspecified atom stereocenters. The fourth-order valence-corrected chi connectivity index (χ4v) is 8.73. The summed E-state index contributed by atoms with van der Waals surface area (Å²) in [5.74, 6) is -1.74. The van der Waals surface area contributed by atoms with E-state index in [1.54, 1.807) is 19.1 Å². The van der Waals surface area contributed by atoms with Gasteiger partial charge in [0.2, 0.25) is 27.7 Å². The molecule has 1 aliphatic heterocycles. The van der Waals surface area contributed by atoms with Crippen LogP contribution in [0.5, 0.6) is 11.6 Å². The van der Waals surface area contributed by atoms with Gasteiger partial charge in [-0.15, -0.1) is 0 Å². The Kier molecular flexibility index (Phi) is 9.04. The van der Waals surface area contributed by atoms with Gasteiger partial charge in [0, 0.05) is 30.6 Å². The number of methoxy groups -OCH3 is 1. The van der Waals surface area contributed by atoms with Crippen LogP contribution in [0.25, 0.3) is 22.3 Å². The van der Waals surface area contributed by atoms with Crippen LogP contribution in [0.2, 0.25) is 0 Å². The van der Waals surface area contributed by atoms with E-state index >= 15 is 0 Å². The van der Waals surface area contributed by atoms with Gasteiger partial charge in [0.05, 0.1) is 35.1 Å². The van der Waals surface area contributed by atoms with Gasteiger partial charge >= 0.3 is 0 Å². The van der Waals surface area contributed by atoms with Crippen molar-refractivity contribution in [3.63, 3.8) is 0 Å². The van der Waals surface area contributed by atoms with Crippen LogP contribution in [0.1, 0.15) is 56.9 Å². The van der Waals surface area contributed by atoms with Gasteiger partial charge in [-0.05, 0) is 70.4 Å².